The number of primary sulfonamides is 1. The number of fused-ring (bicyclic) bond motifs is 1. The van der Waals surface area contributed by atoms with Gasteiger partial charge in [-0.25, -0.2) is 13.6 Å². The summed E-state index contributed by atoms with van der Waals surface area (Å²) in [6, 6.07) is 8.69. The lowest BCUT2D eigenvalue weighted by Crippen LogP contribution is -2.19. The summed E-state index contributed by atoms with van der Waals surface area (Å²) in [4.78, 5) is 28.6. The molecule has 8 nitrogen and oxygen atoms in total. The number of methoxy groups -OCH3 is 1. The quantitative estimate of drug-likeness (QED) is 0.554. The molecule has 1 amide bonds. The van der Waals surface area contributed by atoms with Crippen LogP contribution in [0, 0.1) is 0 Å². The zero-order valence-corrected chi connectivity index (χ0v) is 18.6. The molecule has 1 heterocycles. The van der Waals surface area contributed by atoms with Crippen LogP contribution in [-0.2, 0) is 26.1 Å². The van der Waals surface area contributed by atoms with Gasteiger partial charge in [0.1, 0.15) is 0 Å². The molecule has 0 aliphatic carbocycles. The number of nitrogens with zero attached hydrogens (tertiary/aromatic N) is 2. The molecule has 3 aromatic rings. The SMILES string of the molecule is COC(=O)CCn1c(=NC(=O)c2ccc(Cl)cc2Cl)sc2cc(S(N)(=O)=O)ccc21. The van der Waals surface area contributed by atoms with Crippen molar-refractivity contribution in [1.82, 2.24) is 4.57 Å². The van der Waals surface area contributed by atoms with E-state index in [1.165, 1.54) is 37.4 Å². The monoisotopic (exact) mass is 487 g/mol. The minimum absolute atomic E-state index is 0.0301. The van der Waals surface area contributed by atoms with Gasteiger partial charge in [0.05, 0.1) is 39.2 Å². The van der Waals surface area contributed by atoms with Gasteiger partial charge in [0.15, 0.2) is 4.80 Å². The second-order valence-corrected chi connectivity index (χ2v) is 9.49. The van der Waals surface area contributed by atoms with E-state index in [9.17, 15) is 18.0 Å². The highest BCUT2D eigenvalue weighted by Crippen LogP contribution is 2.23. The molecule has 2 aromatic carbocycles. The highest BCUT2D eigenvalue weighted by Gasteiger charge is 2.15. The number of thiazole rings is 1. The maximum atomic E-state index is 12.7. The molecule has 0 bridgehead atoms. The van der Waals surface area contributed by atoms with Gasteiger partial charge < -0.3 is 9.30 Å². The first-order chi connectivity index (χ1) is 14.1. The molecule has 0 aliphatic rings. The summed E-state index contributed by atoms with van der Waals surface area (Å²) in [6.07, 6.45) is 0.0301. The highest BCUT2D eigenvalue weighted by atomic mass is 35.5. The second kappa shape index (κ2) is 8.86. The van der Waals surface area contributed by atoms with Gasteiger partial charge in [0, 0.05) is 11.6 Å². The third-order valence-corrected chi connectivity index (χ3v) is 6.61. The summed E-state index contributed by atoms with van der Waals surface area (Å²) in [7, 11) is -2.64. The van der Waals surface area contributed by atoms with Gasteiger partial charge in [-0.2, -0.15) is 4.99 Å². The van der Waals surface area contributed by atoms with Crippen LogP contribution in [0.4, 0.5) is 0 Å². The molecule has 0 radical (unpaired) electrons. The summed E-state index contributed by atoms with van der Waals surface area (Å²) < 4.78 is 30.2. The van der Waals surface area contributed by atoms with Gasteiger partial charge in [-0.3, -0.25) is 9.59 Å². The van der Waals surface area contributed by atoms with Gasteiger partial charge in [0.2, 0.25) is 10.0 Å². The molecule has 158 valence electrons. The van der Waals surface area contributed by atoms with E-state index in [0.717, 1.165) is 11.3 Å². The number of rotatable bonds is 5. The number of ether oxygens (including phenoxy) is 1. The van der Waals surface area contributed by atoms with Crippen LogP contribution in [0.1, 0.15) is 16.8 Å². The van der Waals surface area contributed by atoms with Crippen LogP contribution >= 0.6 is 34.5 Å². The van der Waals surface area contributed by atoms with Gasteiger partial charge in [-0.15, -0.1) is 0 Å². The molecule has 0 spiro atoms. The summed E-state index contributed by atoms with van der Waals surface area (Å²) in [5, 5.41) is 5.73. The van der Waals surface area contributed by atoms with Crippen molar-refractivity contribution in [3.05, 3.63) is 56.8 Å². The molecular formula is C18H15Cl2N3O5S2. The van der Waals surface area contributed by atoms with Gasteiger partial charge in [0.25, 0.3) is 5.91 Å². The van der Waals surface area contributed by atoms with Gasteiger partial charge >= 0.3 is 5.97 Å². The Bertz CT molecular complexity index is 1330. The number of sulfonamides is 1. The fraction of sp³-hybridized carbons (Fsp3) is 0.167. The Balaban J connectivity index is 2.16. The van der Waals surface area contributed by atoms with Gasteiger partial charge in [-0.1, -0.05) is 34.5 Å². The zero-order chi connectivity index (χ0) is 22.1. The topological polar surface area (TPSA) is 121 Å². The molecule has 0 unspecified atom stereocenters. The minimum atomic E-state index is -3.91. The summed E-state index contributed by atoms with van der Waals surface area (Å²) in [6.45, 7) is 0.169. The minimum Gasteiger partial charge on any atom is -0.469 e. The molecule has 3 rings (SSSR count). The molecule has 0 atom stereocenters. The Morgan fingerprint density at radius 1 is 1.20 bits per heavy atom. The molecule has 0 fully saturated rings. The standard InChI is InChI=1S/C18H15Cl2N3O5S2/c1-28-16(24)6-7-23-14-5-3-11(30(21,26)27)9-15(14)29-18(23)22-17(25)12-4-2-10(19)8-13(12)20/h2-5,8-9H,6-7H2,1H3,(H2,21,26,27). The Hall–Kier alpha value is -2.24. The van der Waals surface area contributed by atoms with Crippen molar-refractivity contribution in [1.29, 1.82) is 0 Å². The predicted octanol–water partition coefficient (Wildman–Crippen LogP) is 2.96. The van der Waals surface area contributed by atoms with Crippen molar-refractivity contribution in [3.63, 3.8) is 0 Å². The van der Waals surface area contributed by atoms with Crippen LogP contribution in [0.25, 0.3) is 10.2 Å². The van der Waals surface area contributed by atoms with Crippen LogP contribution in [0.15, 0.2) is 46.3 Å². The largest absolute Gasteiger partial charge is 0.469 e. The van der Waals surface area contributed by atoms with E-state index in [-0.39, 0.29) is 33.2 Å². The Kier molecular flexibility index (Phi) is 6.63. The normalized spacial score (nSPS) is 12.3. The van der Waals surface area contributed by atoms with E-state index in [1.807, 2.05) is 0 Å². The lowest BCUT2D eigenvalue weighted by atomic mass is 10.2. The van der Waals surface area contributed by atoms with Crippen LogP contribution < -0.4 is 9.94 Å². The van der Waals surface area contributed by atoms with E-state index in [2.05, 4.69) is 9.73 Å². The maximum absolute atomic E-state index is 12.7. The first-order valence-corrected chi connectivity index (χ1v) is 11.5. The van der Waals surface area contributed by atoms with E-state index in [0.29, 0.717) is 15.2 Å². The highest BCUT2D eigenvalue weighted by molar-refractivity contribution is 7.89. The van der Waals surface area contributed by atoms with E-state index < -0.39 is 21.9 Å². The molecule has 30 heavy (non-hydrogen) atoms. The first kappa shape index (κ1) is 22.4. The van der Waals surface area contributed by atoms with Gasteiger partial charge in [-0.05, 0) is 36.4 Å². The molecule has 0 saturated carbocycles. The van der Waals surface area contributed by atoms with Crippen molar-refractivity contribution >= 4 is 66.7 Å². The number of aryl methyl sites for hydroxylation is 1. The van der Waals surface area contributed by atoms with Crippen LogP contribution in [0.5, 0.6) is 0 Å². The molecular weight excluding hydrogens is 473 g/mol. The number of amides is 1. The fourth-order valence-electron chi connectivity index (χ4n) is 2.65. The molecule has 0 aliphatic heterocycles. The third kappa shape index (κ3) is 4.90. The summed E-state index contributed by atoms with van der Waals surface area (Å²) >= 11 is 13.0. The number of esters is 1. The molecule has 0 saturated heterocycles. The first-order valence-electron chi connectivity index (χ1n) is 8.37. The zero-order valence-electron chi connectivity index (χ0n) is 15.5. The number of hydrogen-bond donors (Lipinski definition) is 1. The summed E-state index contributed by atoms with van der Waals surface area (Å²) in [5.41, 5.74) is 0.744. The Morgan fingerprint density at radius 3 is 2.57 bits per heavy atom. The number of halogens is 2. The lowest BCUT2D eigenvalue weighted by Gasteiger charge is -2.05. The van der Waals surface area contributed by atoms with Crippen LogP contribution in [0.3, 0.4) is 0 Å². The fourth-order valence-corrected chi connectivity index (χ4v) is 4.84. The number of carbonyl (C=O) groups is 2. The average Bonchev–Trinajstić information content (AvgIpc) is 3.01. The molecule has 12 heteroatoms. The molecule has 1 aromatic heterocycles. The van der Waals surface area contributed by atoms with E-state index in [4.69, 9.17) is 28.3 Å². The predicted molar refractivity (Wildman–Crippen MR) is 114 cm³/mol. The van der Waals surface area contributed by atoms with Crippen LogP contribution in [-0.4, -0.2) is 32.0 Å². The van der Waals surface area contributed by atoms with Crippen LogP contribution in [0.2, 0.25) is 10.0 Å². The second-order valence-electron chi connectivity index (χ2n) is 6.08. The number of carbonyl (C=O) groups excluding carboxylic acids is 2. The van der Waals surface area contributed by atoms with E-state index in [1.54, 1.807) is 10.6 Å². The number of aromatic nitrogens is 1. The number of hydrogen-bond acceptors (Lipinski definition) is 6. The Labute approximate surface area is 185 Å². The smallest absolute Gasteiger partial charge is 0.307 e. The van der Waals surface area contributed by atoms with Crippen molar-refractivity contribution in [2.24, 2.45) is 10.1 Å². The average molecular weight is 488 g/mol. The van der Waals surface area contributed by atoms with Crippen molar-refractivity contribution in [3.8, 4) is 0 Å². The lowest BCUT2D eigenvalue weighted by molar-refractivity contribution is -0.140. The Morgan fingerprint density at radius 2 is 1.93 bits per heavy atom. The van der Waals surface area contributed by atoms with E-state index >= 15 is 0 Å². The maximum Gasteiger partial charge on any atom is 0.307 e. The molecule has 2 N–H and O–H groups in total. The number of benzene rings is 2. The third-order valence-electron chi connectivity index (χ3n) is 4.11. The number of nitrogens with two attached hydrogens (primary N) is 1. The van der Waals surface area contributed by atoms with Crippen molar-refractivity contribution < 1.29 is 22.7 Å². The van der Waals surface area contributed by atoms with Crippen molar-refractivity contribution in [2.45, 2.75) is 17.9 Å². The van der Waals surface area contributed by atoms with Crippen molar-refractivity contribution in [2.75, 3.05) is 7.11 Å². The summed E-state index contributed by atoms with van der Waals surface area (Å²) in [5.74, 6) is -1.05.